The van der Waals surface area contributed by atoms with Crippen molar-refractivity contribution in [1.29, 1.82) is 0 Å². The van der Waals surface area contributed by atoms with E-state index in [1.165, 1.54) is 64.9 Å². The third-order valence-corrected chi connectivity index (χ3v) is 9.26. The molecule has 3 aromatic rings. The second kappa shape index (κ2) is 11.5. The SMILES string of the molecule is COC(=O)c1ccc(CNc2nc3ccccc3n([C@H]3C[C@H]4CC[C@@H](C3)N4C3CCCCCCC3)c2=O)cc1. The van der Waals surface area contributed by atoms with E-state index in [4.69, 9.17) is 9.72 Å². The van der Waals surface area contributed by atoms with Gasteiger partial charge >= 0.3 is 5.97 Å². The van der Waals surface area contributed by atoms with Crippen molar-refractivity contribution in [3.05, 3.63) is 70.0 Å². The maximum atomic E-state index is 13.9. The number of hydrogen-bond acceptors (Lipinski definition) is 6. The summed E-state index contributed by atoms with van der Waals surface area (Å²) in [6, 6.07) is 17.3. The molecule has 3 atom stereocenters. The van der Waals surface area contributed by atoms with Crippen LogP contribution < -0.4 is 10.9 Å². The molecular formula is C32H40N4O3. The Hall–Kier alpha value is -3.19. The molecule has 3 fully saturated rings. The standard InChI is InChI=1S/C32H40N4O3/c1-39-32(38)23-15-13-22(14-16-23)21-33-30-31(37)36(29-12-8-7-11-28(29)34-30)27-19-25-17-18-26(20-27)35(25)24-9-5-3-2-4-6-10-24/h7-8,11-16,24-27H,2-6,9-10,17-21H2,1H3,(H,33,34)/t25-,26+,27+. The summed E-state index contributed by atoms with van der Waals surface area (Å²) in [5, 5.41) is 3.30. The number of nitrogens with one attached hydrogen (secondary N) is 1. The number of rotatable bonds is 6. The summed E-state index contributed by atoms with van der Waals surface area (Å²) in [6.07, 6.45) is 14.1. The van der Waals surface area contributed by atoms with Crippen LogP contribution in [0.4, 0.5) is 5.82 Å². The van der Waals surface area contributed by atoms with E-state index >= 15 is 0 Å². The molecule has 206 valence electrons. The molecule has 7 nitrogen and oxygen atoms in total. The van der Waals surface area contributed by atoms with E-state index < -0.39 is 0 Å². The Morgan fingerprint density at radius 2 is 1.54 bits per heavy atom. The van der Waals surface area contributed by atoms with E-state index in [-0.39, 0.29) is 17.6 Å². The van der Waals surface area contributed by atoms with Gasteiger partial charge in [0.25, 0.3) is 5.56 Å². The summed E-state index contributed by atoms with van der Waals surface area (Å²) in [4.78, 5) is 33.3. The molecule has 0 amide bonds. The molecule has 3 heterocycles. The monoisotopic (exact) mass is 528 g/mol. The van der Waals surface area contributed by atoms with Crippen molar-refractivity contribution < 1.29 is 9.53 Å². The lowest BCUT2D eigenvalue weighted by Gasteiger charge is -2.45. The van der Waals surface area contributed by atoms with Crippen LogP contribution in [0.5, 0.6) is 0 Å². The molecule has 3 aliphatic rings. The Labute approximate surface area is 230 Å². The molecule has 2 saturated heterocycles. The third-order valence-electron chi connectivity index (χ3n) is 9.26. The first-order valence-electron chi connectivity index (χ1n) is 14.8. The average Bonchev–Trinajstić information content (AvgIpc) is 3.20. The quantitative estimate of drug-likeness (QED) is 0.391. The number of fused-ring (bicyclic) bond motifs is 3. The molecule has 1 aromatic heterocycles. The van der Waals surface area contributed by atoms with Gasteiger partial charge in [-0.25, -0.2) is 9.78 Å². The molecule has 2 aliphatic heterocycles. The summed E-state index contributed by atoms with van der Waals surface area (Å²) in [6.45, 7) is 0.452. The molecule has 0 radical (unpaired) electrons. The zero-order valence-electron chi connectivity index (χ0n) is 23.0. The third kappa shape index (κ3) is 5.33. The Bertz CT molecular complexity index is 1350. The van der Waals surface area contributed by atoms with Gasteiger partial charge in [0.15, 0.2) is 5.82 Å². The maximum absolute atomic E-state index is 13.9. The second-order valence-electron chi connectivity index (χ2n) is 11.6. The van der Waals surface area contributed by atoms with Gasteiger partial charge < -0.3 is 14.6 Å². The number of carbonyl (C=O) groups excluding carboxylic acids is 1. The van der Waals surface area contributed by atoms with Crippen molar-refractivity contribution in [3.8, 4) is 0 Å². The van der Waals surface area contributed by atoms with E-state index in [0.717, 1.165) is 35.5 Å². The summed E-state index contributed by atoms with van der Waals surface area (Å²) in [7, 11) is 1.38. The van der Waals surface area contributed by atoms with E-state index in [9.17, 15) is 9.59 Å². The average molecular weight is 529 g/mol. The van der Waals surface area contributed by atoms with Gasteiger partial charge in [-0.2, -0.15) is 0 Å². The summed E-state index contributed by atoms with van der Waals surface area (Å²) < 4.78 is 6.84. The Morgan fingerprint density at radius 1 is 0.872 bits per heavy atom. The van der Waals surface area contributed by atoms with Crippen molar-refractivity contribution in [1.82, 2.24) is 14.5 Å². The van der Waals surface area contributed by atoms with Crippen molar-refractivity contribution in [2.45, 2.75) is 101 Å². The summed E-state index contributed by atoms with van der Waals surface area (Å²) in [5.41, 5.74) is 3.21. The van der Waals surface area contributed by atoms with Gasteiger partial charge in [0.1, 0.15) is 0 Å². The van der Waals surface area contributed by atoms with Crippen LogP contribution in [0.3, 0.4) is 0 Å². The number of anilines is 1. The summed E-state index contributed by atoms with van der Waals surface area (Å²) in [5.74, 6) is 0.0312. The van der Waals surface area contributed by atoms with Crippen molar-refractivity contribution >= 4 is 22.8 Å². The van der Waals surface area contributed by atoms with E-state index in [0.29, 0.717) is 30.0 Å². The topological polar surface area (TPSA) is 76.5 Å². The fourth-order valence-electron chi connectivity index (χ4n) is 7.42. The number of ether oxygens (including phenoxy) is 1. The lowest BCUT2D eigenvalue weighted by atomic mass is 9.89. The number of hydrogen-bond donors (Lipinski definition) is 1. The molecule has 2 bridgehead atoms. The number of nitrogens with zero attached hydrogens (tertiary/aromatic N) is 3. The Morgan fingerprint density at radius 3 is 2.23 bits per heavy atom. The van der Waals surface area contributed by atoms with Gasteiger partial charge in [-0.05, 0) is 68.4 Å². The highest BCUT2D eigenvalue weighted by Crippen LogP contribution is 2.44. The van der Waals surface area contributed by atoms with Gasteiger partial charge in [0.05, 0.1) is 23.7 Å². The van der Waals surface area contributed by atoms with E-state index in [1.54, 1.807) is 12.1 Å². The highest BCUT2D eigenvalue weighted by atomic mass is 16.5. The summed E-state index contributed by atoms with van der Waals surface area (Å²) >= 11 is 0. The molecule has 0 unspecified atom stereocenters. The maximum Gasteiger partial charge on any atom is 0.337 e. The lowest BCUT2D eigenvalue weighted by molar-refractivity contribution is 0.0498. The molecule has 6 rings (SSSR count). The highest BCUT2D eigenvalue weighted by Gasteiger charge is 2.44. The van der Waals surface area contributed by atoms with Gasteiger partial charge in [0, 0.05) is 30.7 Å². The highest BCUT2D eigenvalue weighted by molar-refractivity contribution is 5.89. The first kappa shape index (κ1) is 26.1. The van der Waals surface area contributed by atoms with Gasteiger partial charge in [-0.15, -0.1) is 0 Å². The number of esters is 1. The fourth-order valence-corrected chi connectivity index (χ4v) is 7.42. The molecule has 1 N–H and O–H groups in total. The molecular weight excluding hydrogens is 488 g/mol. The molecule has 7 heteroatoms. The molecule has 39 heavy (non-hydrogen) atoms. The van der Waals surface area contributed by atoms with Crippen LogP contribution in [0.25, 0.3) is 11.0 Å². The largest absolute Gasteiger partial charge is 0.465 e. The normalized spacial score (nSPS) is 24.3. The van der Waals surface area contributed by atoms with Crippen LogP contribution >= 0.6 is 0 Å². The van der Waals surface area contributed by atoms with Crippen molar-refractivity contribution in [2.75, 3.05) is 12.4 Å². The van der Waals surface area contributed by atoms with Crippen LogP contribution in [0.1, 0.15) is 92.6 Å². The predicted octanol–water partition coefficient (Wildman–Crippen LogP) is 6.08. The van der Waals surface area contributed by atoms with Crippen LogP contribution in [0.2, 0.25) is 0 Å². The van der Waals surface area contributed by atoms with Gasteiger partial charge in [-0.1, -0.05) is 56.4 Å². The zero-order valence-corrected chi connectivity index (χ0v) is 23.0. The minimum atomic E-state index is -0.358. The molecule has 1 saturated carbocycles. The van der Waals surface area contributed by atoms with Crippen LogP contribution in [0, 0.1) is 0 Å². The van der Waals surface area contributed by atoms with Crippen molar-refractivity contribution in [2.24, 2.45) is 0 Å². The Kier molecular flexibility index (Phi) is 7.69. The number of para-hydroxylation sites is 2. The van der Waals surface area contributed by atoms with Crippen LogP contribution in [-0.4, -0.2) is 45.7 Å². The number of methoxy groups -OCH3 is 1. The van der Waals surface area contributed by atoms with Crippen LogP contribution in [0.15, 0.2) is 53.3 Å². The van der Waals surface area contributed by atoms with Gasteiger partial charge in [0.2, 0.25) is 0 Å². The van der Waals surface area contributed by atoms with Crippen LogP contribution in [-0.2, 0) is 11.3 Å². The lowest BCUT2D eigenvalue weighted by Crippen LogP contribution is -2.50. The minimum Gasteiger partial charge on any atom is -0.465 e. The molecule has 1 aliphatic carbocycles. The number of benzene rings is 2. The Balaban J connectivity index is 1.25. The van der Waals surface area contributed by atoms with E-state index in [2.05, 4.69) is 10.2 Å². The smallest absolute Gasteiger partial charge is 0.337 e. The number of aromatic nitrogens is 2. The minimum absolute atomic E-state index is 0.0383. The zero-order chi connectivity index (χ0) is 26.8. The first-order valence-corrected chi connectivity index (χ1v) is 14.8. The first-order chi connectivity index (χ1) is 19.1. The fraction of sp³-hybridized carbons (Fsp3) is 0.531. The molecule has 2 aromatic carbocycles. The second-order valence-corrected chi connectivity index (χ2v) is 11.6. The number of carbonyl (C=O) groups is 1. The van der Waals surface area contributed by atoms with E-state index in [1.807, 2.05) is 41.0 Å². The van der Waals surface area contributed by atoms with Gasteiger partial charge in [-0.3, -0.25) is 9.69 Å². The number of piperidine rings is 1. The van der Waals surface area contributed by atoms with Crippen molar-refractivity contribution in [3.63, 3.8) is 0 Å². The molecule has 0 spiro atoms. The predicted molar refractivity (Wildman–Crippen MR) is 154 cm³/mol.